The Hall–Kier alpha value is -0.980. The fourth-order valence-corrected chi connectivity index (χ4v) is 2.46. The van der Waals surface area contributed by atoms with Gasteiger partial charge in [0.05, 0.1) is 25.9 Å². The molecular weight excluding hydrogens is 220 g/mol. The molecule has 2 atom stereocenters. The van der Waals surface area contributed by atoms with Crippen LogP contribution in [0.1, 0.15) is 37.1 Å². The van der Waals surface area contributed by atoms with Crippen LogP contribution in [0.25, 0.3) is 0 Å². The highest BCUT2D eigenvalue weighted by molar-refractivity contribution is 5.06. The molecule has 2 unspecified atom stereocenters. The van der Waals surface area contributed by atoms with Crippen molar-refractivity contribution in [1.29, 1.82) is 0 Å². The van der Waals surface area contributed by atoms with Crippen LogP contribution >= 0.6 is 0 Å². The van der Waals surface area contributed by atoms with Gasteiger partial charge in [-0.25, -0.2) is 0 Å². The molecule has 17 heavy (non-hydrogen) atoms. The van der Waals surface area contributed by atoms with Crippen LogP contribution in [0.5, 0.6) is 0 Å². The number of nitrogens with one attached hydrogen (secondary N) is 1. The van der Waals surface area contributed by atoms with Crippen molar-refractivity contribution in [2.75, 3.05) is 26.4 Å². The van der Waals surface area contributed by atoms with Crippen LogP contribution in [0.4, 0.5) is 0 Å². The third-order valence-corrected chi connectivity index (χ3v) is 3.36. The van der Waals surface area contributed by atoms with E-state index in [4.69, 9.17) is 9.47 Å². The van der Waals surface area contributed by atoms with Crippen molar-refractivity contribution in [3.63, 3.8) is 0 Å². The summed E-state index contributed by atoms with van der Waals surface area (Å²) in [5.41, 5.74) is 0. The molecule has 0 radical (unpaired) electrons. The van der Waals surface area contributed by atoms with E-state index in [1.54, 1.807) is 0 Å². The first-order valence-corrected chi connectivity index (χ1v) is 6.26. The Balaban J connectivity index is 1.88. The molecular formula is C11H18N4O2. The molecule has 0 amide bonds. The molecule has 2 aliphatic rings. The molecule has 3 heterocycles. The van der Waals surface area contributed by atoms with Crippen LogP contribution in [-0.4, -0.2) is 41.1 Å². The summed E-state index contributed by atoms with van der Waals surface area (Å²) in [6.45, 7) is 5.93. The van der Waals surface area contributed by atoms with Gasteiger partial charge >= 0.3 is 0 Å². The number of rotatable bonds is 2. The minimum atomic E-state index is -0.0550. The summed E-state index contributed by atoms with van der Waals surface area (Å²) in [7, 11) is 0. The topological polar surface area (TPSA) is 61.2 Å². The molecule has 1 fully saturated rings. The van der Waals surface area contributed by atoms with Crippen molar-refractivity contribution in [1.82, 2.24) is 20.1 Å². The molecule has 6 nitrogen and oxygen atoms in total. The molecule has 0 bridgehead atoms. The van der Waals surface area contributed by atoms with Crippen LogP contribution < -0.4 is 5.32 Å². The van der Waals surface area contributed by atoms with Crippen molar-refractivity contribution in [3.05, 3.63) is 11.6 Å². The first kappa shape index (κ1) is 11.1. The first-order chi connectivity index (χ1) is 8.40. The average Bonchev–Trinajstić information content (AvgIpc) is 2.83. The van der Waals surface area contributed by atoms with Gasteiger partial charge in [-0.1, -0.05) is 6.92 Å². The van der Waals surface area contributed by atoms with Gasteiger partial charge in [0, 0.05) is 13.1 Å². The first-order valence-electron chi connectivity index (χ1n) is 6.26. The monoisotopic (exact) mass is 238 g/mol. The normalized spacial score (nSPS) is 29.0. The standard InChI is InChI=1S/C11H18N4O2/c1-2-8-10-13-14-11(15(10)4-3-12-8)9-7-16-5-6-17-9/h8-9,12H,2-7H2,1H3. The Morgan fingerprint density at radius 1 is 1.35 bits per heavy atom. The molecule has 1 aromatic heterocycles. The van der Waals surface area contributed by atoms with Crippen LogP contribution in [-0.2, 0) is 16.0 Å². The molecule has 2 aliphatic heterocycles. The quantitative estimate of drug-likeness (QED) is 0.809. The van der Waals surface area contributed by atoms with E-state index in [1.807, 2.05) is 0 Å². The van der Waals surface area contributed by atoms with Gasteiger partial charge in [-0.3, -0.25) is 0 Å². The Kier molecular flexibility index (Phi) is 3.09. The zero-order valence-electron chi connectivity index (χ0n) is 10.1. The Labute approximate surface area is 100 Å². The van der Waals surface area contributed by atoms with Gasteiger partial charge in [0.15, 0.2) is 5.82 Å². The summed E-state index contributed by atoms with van der Waals surface area (Å²) in [6, 6.07) is 0.314. The molecule has 1 N–H and O–H groups in total. The molecule has 0 aromatic carbocycles. The smallest absolute Gasteiger partial charge is 0.164 e. The van der Waals surface area contributed by atoms with E-state index in [2.05, 4.69) is 27.0 Å². The minimum absolute atomic E-state index is 0.0550. The third kappa shape index (κ3) is 1.96. The van der Waals surface area contributed by atoms with Crippen molar-refractivity contribution in [2.24, 2.45) is 0 Å². The zero-order valence-corrected chi connectivity index (χ0v) is 10.1. The second-order valence-corrected chi connectivity index (χ2v) is 4.42. The lowest BCUT2D eigenvalue weighted by Gasteiger charge is -2.27. The van der Waals surface area contributed by atoms with Crippen molar-refractivity contribution >= 4 is 0 Å². The lowest BCUT2D eigenvalue weighted by Crippen LogP contribution is -2.35. The predicted molar refractivity (Wildman–Crippen MR) is 60.6 cm³/mol. The molecule has 1 saturated heterocycles. The largest absolute Gasteiger partial charge is 0.376 e. The summed E-state index contributed by atoms with van der Waals surface area (Å²) >= 11 is 0. The second-order valence-electron chi connectivity index (χ2n) is 4.42. The second kappa shape index (κ2) is 4.72. The number of hydrogen-bond acceptors (Lipinski definition) is 5. The van der Waals surface area contributed by atoms with E-state index in [9.17, 15) is 0 Å². The van der Waals surface area contributed by atoms with E-state index in [0.29, 0.717) is 25.9 Å². The van der Waals surface area contributed by atoms with Crippen molar-refractivity contribution in [2.45, 2.75) is 32.0 Å². The maximum Gasteiger partial charge on any atom is 0.164 e. The molecule has 94 valence electrons. The lowest BCUT2D eigenvalue weighted by atomic mass is 10.1. The fraction of sp³-hybridized carbons (Fsp3) is 0.818. The number of ether oxygens (including phenoxy) is 2. The molecule has 0 aliphatic carbocycles. The summed E-state index contributed by atoms with van der Waals surface area (Å²) in [5, 5.41) is 12.0. The van der Waals surface area contributed by atoms with E-state index in [0.717, 1.165) is 31.2 Å². The molecule has 0 saturated carbocycles. The van der Waals surface area contributed by atoms with Gasteiger partial charge in [0.1, 0.15) is 11.9 Å². The van der Waals surface area contributed by atoms with E-state index < -0.39 is 0 Å². The molecule has 6 heteroatoms. The zero-order chi connectivity index (χ0) is 11.7. The number of aromatic nitrogens is 3. The highest BCUT2D eigenvalue weighted by atomic mass is 16.6. The van der Waals surface area contributed by atoms with Crippen LogP contribution in [0.15, 0.2) is 0 Å². The Morgan fingerprint density at radius 3 is 3.00 bits per heavy atom. The summed E-state index contributed by atoms with van der Waals surface area (Å²) in [4.78, 5) is 0. The van der Waals surface area contributed by atoms with Crippen LogP contribution in [0.3, 0.4) is 0 Å². The number of fused-ring (bicyclic) bond motifs is 1. The summed E-state index contributed by atoms with van der Waals surface area (Å²) < 4.78 is 13.3. The van der Waals surface area contributed by atoms with Crippen LogP contribution in [0.2, 0.25) is 0 Å². The minimum Gasteiger partial charge on any atom is -0.376 e. The summed E-state index contributed by atoms with van der Waals surface area (Å²) in [6.07, 6.45) is 0.973. The molecule has 3 rings (SSSR count). The summed E-state index contributed by atoms with van der Waals surface area (Å²) in [5.74, 6) is 1.95. The highest BCUT2D eigenvalue weighted by Crippen LogP contribution is 2.25. The predicted octanol–water partition coefficient (Wildman–Crippen LogP) is 0.420. The number of hydrogen-bond donors (Lipinski definition) is 1. The Bertz CT molecular complexity index is 387. The van der Waals surface area contributed by atoms with E-state index in [1.165, 1.54) is 0 Å². The van der Waals surface area contributed by atoms with Gasteiger partial charge in [-0.05, 0) is 6.42 Å². The SMILES string of the molecule is CCC1NCCn2c1nnc2C1COCCO1. The van der Waals surface area contributed by atoms with Crippen molar-refractivity contribution < 1.29 is 9.47 Å². The average molecular weight is 238 g/mol. The van der Waals surface area contributed by atoms with Gasteiger partial charge in [0.25, 0.3) is 0 Å². The van der Waals surface area contributed by atoms with Gasteiger partial charge in [-0.15, -0.1) is 10.2 Å². The van der Waals surface area contributed by atoms with Gasteiger partial charge in [-0.2, -0.15) is 0 Å². The van der Waals surface area contributed by atoms with Gasteiger partial charge < -0.3 is 19.4 Å². The Morgan fingerprint density at radius 2 is 2.24 bits per heavy atom. The molecule has 0 spiro atoms. The molecule has 1 aromatic rings. The fourth-order valence-electron chi connectivity index (χ4n) is 2.46. The third-order valence-electron chi connectivity index (χ3n) is 3.36. The maximum atomic E-state index is 5.69. The van der Waals surface area contributed by atoms with Crippen LogP contribution in [0, 0.1) is 0 Å². The van der Waals surface area contributed by atoms with E-state index >= 15 is 0 Å². The maximum absolute atomic E-state index is 5.69. The van der Waals surface area contributed by atoms with E-state index in [-0.39, 0.29) is 6.10 Å². The number of nitrogens with zero attached hydrogens (tertiary/aromatic N) is 3. The van der Waals surface area contributed by atoms with Gasteiger partial charge in [0.2, 0.25) is 0 Å². The highest BCUT2D eigenvalue weighted by Gasteiger charge is 2.28. The lowest BCUT2D eigenvalue weighted by molar-refractivity contribution is -0.0949. The van der Waals surface area contributed by atoms with Crippen molar-refractivity contribution in [3.8, 4) is 0 Å².